The molecule has 0 bridgehead atoms. The van der Waals surface area contributed by atoms with Crippen LogP contribution in [0.15, 0.2) is 18.2 Å². The van der Waals surface area contributed by atoms with Gasteiger partial charge in [-0.1, -0.05) is 11.8 Å². The first-order chi connectivity index (χ1) is 10.8. The van der Waals surface area contributed by atoms with E-state index in [1.807, 2.05) is 0 Å². The summed E-state index contributed by atoms with van der Waals surface area (Å²) >= 11 is 0.798. The Kier molecular flexibility index (Phi) is 7.14. The summed E-state index contributed by atoms with van der Waals surface area (Å²) in [6.07, 6.45) is -2.92. The molecule has 0 spiro atoms. The number of benzene rings is 1. The summed E-state index contributed by atoms with van der Waals surface area (Å²) in [5.74, 6) is -0.822. The van der Waals surface area contributed by atoms with Gasteiger partial charge in [-0.2, -0.15) is 0 Å². The minimum absolute atomic E-state index is 0.0258. The van der Waals surface area contributed by atoms with E-state index in [1.165, 1.54) is 19.1 Å². The van der Waals surface area contributed by atoms with Gasteiger partial charge in [0.05, 0.1) is 28.8 Å². The van der Waals surface area contributed by atoms with Gasteiger partial charge < -0.3 is 14.9 Å². The van der Waals surface area contributed by atoms with E-state index in [0.29, 0.717) is 0 Å². The van der Waals surface area contributed by atoms with Crippen LogP contribution >= 0.6 is 11.8 Å². The van der Waals surface area contributed by atoms with Crippen LogP contribution in [0.5, 0.6) is 0 Å². The number of aliphatic hydroxyl groups is 2. The van der Waals surface area contributed by atoms with Gasteiger partial charge in [0.1, 0.15) is 6.10 Å². The molecular formula is C14H17NO7S. The van der Waals surface area contributed by atoms with Crippen molar-refractivity contribution in [2.75, 3.05) is 12.4 Å². The van der Waals surface area contributed by atoms with Crippen molar-refractivity contribution in [1.29, 1.82) is 0 Å². The van der Waals surface area contributed by atoms with Gasteiger partial charge in [0.15, 0.2) is 5.12 Å². The maximum absolute atomic E-state index is 11.6. The van der Waals surface area contributed by atoms with E-state index in [-0.39, 0.29) is 28.6 Å². The molecule has 126 valence electrons. The highest BCUT2D eigenvalue weighted by Gasteiger charge is 2.28. The maximum Gasteiger partial charge on any atom is 0.338 e. The molecule has 0 heterocycles. The molecule has 0 aromatic heterocycles. The molecule has 8 nitrogen and oxygen atoms in total. The van der Waals surface area contributed by atoms with Crippen molar-refractivity contribution >= 4 is 28.5 Å². The third kappa shape index (κ3) is 5.31. The van der Waals surface area contributed by atoms with E-state index < -0.39 is 28.8 Å². The smallest absolute Gasteiger partial charge is 0.338 e. The fourth-order valence-electron chi connectivity index (χ4n) is 1.79. The van der Waals surface area contributed by atoms with Crippen LogP contribution in [0.4, 0.5) is 5.69 Å². The van der Waals surface area contributed by atoms with Gasteiger partial charge in [-0.3, -0.25) is 14.9 Å². The molecule has 0 saturated carbocycles. The molecule has 0 fully saturated rings. The summed E-state index contributed by atoms with van der Waals surface area (Å²) in [5.41, 5.74) is -0.670. The molecule has 0 aliphatic carbocycles. The summed E-state index contributed by atoms with van der Waals surface area (Å²) in [6.45, 7) is 3.03. The highest BCUT2D eigenvalue weighted by Crippen LogP contribution is 2.29. The van der Waals surface area contributed by atoms with Gasteiger partial charge in [-0.05, 0) is 19.1 Å². The van der Waals surface area contributed by atoms with E-state index in [2.05, 4.69) is 0 Å². The number of ether oxygens (including phenoxy) is 1. The van der Waals surface area contributed by atoms with Gasteiger partial charge in [-0.25, -0.2) is 4.79 Å². The van der Waals surface area contributed by atoms with Crippen molar-refractivity contribution < 1.29 is 29.5 Å². The first-order valence-electron chi connectivity index (χ1n) is 6.72. The number of rotatable bonds is 7. The lowest BCUT2D eigenvalue weighted by atomic mass is 10.0. The lowest BCUT2D eigenvalue weighted by Crippen LogP contribution is -2.22. The molecule has 1 aromatic carbocycles. The van der Waals surface area contributed by atoms with Crippen molar-refractivity contribution in [3.63, 3.8) is 0 Å². The zero-order chi connectivity index (χ0) is 17.6. The van der Waals surface area contributed by atoms with Crippen molar-refractivity contribution in [3.05, 3.63) is 39.4 Å². The zero-order valence-corrected chi connectivity index (χ0v) is 13.4. The quantitative estimate of drug-likeness (QED) is 0.432. The number of carbonyl (C=O) groups is 2. The first kappa shape index (κ1) is 19.1. The summed E-state index contributed by atoms with van der Waals surface area (Å²) in [5, 5.41) is 30.8. The number of thioether (sulfide) groups is 1. The van der Waals surface area contributed by atoms with Crippen molar-refractivity contribution in [3.8, 4) is 0 Å². The Morgan fingerprint density at radius 1 is 1.39 bits per heavy atom. The van der Waals surface area contributed by atoms with Crippen molar-refractivity contribution in [2.24, 2.45) is 0 Å². The summed E-state index contributed by atoms with van der Waals surface area (Å²) in [4.78, 5) is 32.9. The Morgan fingerprint density at radius 2 is 2.04 bits per heavy atom. The van der Waals surface area contributed by atoms with E-state index in [1.54, 1.807) is 6.92 Å². The Morgan fingerprint density at radius 3 is 2.57 bits per heavy atom. The topological polar surface area (TPSA) is 127 Å². The summed E-state index contributed by atoms with van der Waals surface area (Å²) in [7, 11) is 0. The summed E-state index contributed by atoms with van der Waals surface area (Å²) in [6, 6.07) is 3.45. The van der Waals surface area contributed by atoms with E-state index in [9.17, 15) is 29.9 Å². The van der Waals surface area contributed by atoms with Crippen LogP contribution in [0.1, 0.15) is 35.9 Å². The van der Waals surface area contributed by atoms with Crippen LogP contribution in [0.3, 0.4) is 0 Å². The monoisotopic (exact) mass is 343 g/mol. The number of aliphatic hydroxyl groups excluding tert-OH is 2. The fraction of sp³-hybridized carbons (Fsp3) is 0.429. The minimum atomic E-state index is -1.56. The molecule has 2 unspecified atom stereocenters. The molecule has 0 aliphatic heterocycles. The number of hydrogen-bond acceptors (Lipinski definition) is 8. The van der Waals surface area contributed by atoms with Gasteiger partial charge in [0, 0.05) is 18.7 Å². The predicted molar refractivity (Wildman–Crippen MR) is 83.2 cm³/mol. The molecule has 0 saturated heterocycles. The van der Waals surface area contributed by atoms with Gasteiger partial charge in [-0.15, -0.1) is 0 Å². The van der Waals surface area contributed by atoms with Crippen LogP contribution in [0.25, 0.3) is 0 Å². The fourth-order valence-corrected chi connectivity index (χ4v) is 2.38. The number of nitro groups is 1. The van der Waals surface area contributed by atoms with Gasteiger partial charge in [0.2, 0.25) is 0 Å². The van der Waals surface area contributed by atoms with E-state index in [0.717, 1.165) is 17.8 Å². The van der Waals surface area contributed by atoms with E-state index >= 15 is 0 Å². The Balaban J connectivity index is 3.08. The van der Waals surface area contributed by atoms with Gasteiger partial charge >= 0.3 is 5.97 Å². The highest BCUT2D eigenvalue weighted by atomic mass is 32.2. The molecule has 1 rings (SSSR count). The van der Waals surface area contributed by atoms with E-state index in [4.69, 9.17) is 4.74 Å². The molecule has 2 atom stereocenters. The molecule has 0 amide bonds. The zero-order valence-electron chi connectivity index (χ0n) is 12.6. The predicted octanol–water partition coefficient (Wildman–Crippen LogP) is 1.45. The minimum Gasteiger partial charge on any atom is -0.462 e. The average Bonchev–Trinajstić information content (AvgIpc) is 2.51. The third-order valence-electron chi connectivity index (χ3n) is 2.88. The third-order valence-corrected chi connectivity index (χ3v) is 3.79. The van der Waals surface area contributed by atoms with Crippen LogP contribution in [0.2, 0.25) is 0 Å². The normalized spacial score (nSPS) is 13.2. The number of carbonyl (C=O) groups excluding carboxylic acids is 2. The Hall–Kier alpha value is -1.97. The molecule has 1 aromatic rings. The number of nitrogens with zero attached hydrogens (tertiary/aromatic N) is 1. The standard InChI is InChI=1S/C14H17NO7S/c1-3-22-14(19)9-4-5-10(11(6-9)15(20)21)13(18)12(17)7-23-8(2)16/h4-6,12-13,17-18H,3,7H2,1-2H3. The van der Waals surface area contributed by atoms with Crippen molar-refractivity contribution in [2.45, 2.75) is 26.1 Å². The Labute approximate surface area is 136 Å². The van der Waals surface area contributed by atoms with Crippen LogP contribution < -0.4 is 0 Å². The SMILES string of the molecule is CCOC(=O)c1ccc(C(O)C(O)CSC(C)=O)c([N+](=O)[O-])c1. The average molecular weight is 343 g/mol. The molecular weight excluding hydrogens is 326 g/mol. The maximum atomic E-state index is 11.6. The number of nitro benzene ring substituents is 1. The molecule has 23 heavy (non-hydrogen) atoms. The summed E-state index contributed by atoms with van der Waals surface area (Å²) < 4.78 is 4.76. The largest absolute Gasteiger partial charge is 0.462 e. The van der Waals surface area contributed by atoms with Crippen LogP contribution in [0, 0.1) is 10.1 Å². The molecule has 2 N–H and O–H groups in total. The first-order valence-corrected chi connectivity index (χ1v) is 7.71. The second kappa shape index (κ2) is 8.61. The number of esters is 1. The lowest BCUT2D eigenvalue weighted by Gasteiger charge is -2.17. The second-order valence-electron chi connectivity index (χ2n) is 4.57. The Bertz CT molecular complexity index is 605. The second-order valence-corrected chi connectivity index (χ2v) is 5.76. The highest BCUT2D eigenvalue weighted by molar-refractivity contribution is 8.13. The van der Waals surface area contributed by atoms with Crippen molar-refractivity contribution in [1.82, 2.24) is 0 Å². The molecule has 0 aliphatic rings. The van der Waals surface area contributed by atoms with Gasteiger partial charge in [0.25, 0.3) is 5.69 Å². The van der Waals surface area contributed by atoms with Crippen LogP contribution in [-0.4, -0.2) is 44.7 Å². The van der Waals surface area contributed by atoms with Crippen LogP contribution in [-0.2, 0) is 9.53 Å². The molecule has 0 radical (unpaired) electrons. The molecule has 9 heteroatoms. The number of hydrogen-bond donors (Lipinski definition) is 2. The lowest BCUT2D eigenvalue weighted by molar-refractivity contribution is -0.386.